The molecular weight excluding hydrogens is 188 g/mol. The van der Waals surface area contributed by atoms with Gasteiger partial charge in [0.2, 0.25) is 5.91 Å². The topological polar surface area (TPSA) is 32.3 Å². The third-order valence-corrected chi connectivity index (χ3v) is 2.76. The molecule has 0 bridgehead atoms. The summed E-state index contributed by atoms with van der Waals surface area (Å²) in [6.45, 7) is 6.39. The van der Waals surface area contributed by atoms with Gasteiger partial charge in [-0.15, -0.1) is 0 Å². The van der Waals surface area contributed by atoms with Crippen molar-refractivity contribution < 1.29 is 4.79 Å². The van der Waals surface area contributed by atoms with E-state index in [1.165, 1.54) is 12.8 Å². The maximum Gasteiger partial charge on any atom is 0.222 e. The van der Waals surface area contributed by atoms with Crippen molar-refractivity contribution in [2.45, 2.75) is 32.1 Å². The number of likely N-dealkylation sites (N-methyl/N-ethyl adjacent to an activating group) is 1. The molecule has 1 rings (SSSR count). The van der Waals surface area contributed by atoms with E-state index in [1.807, 2.05) is 11.9 Å². The highest BCUT2D eigenvalue weighted by atomic mass is 16.2. The molecule has 0 atom stereocenters. The molecule has 1 saturated heterocycles. The largest absolute Gasteiger partial charge is 0.339 e. The zero-order valence-corrected chi connectivity index (χ0v) is 9.72. The second kappa shape index (κ2) is 6.62. The molecule has 86 valence electrons. The number of carbonyl (C=O) groups is 1. The van der Waals surface area contributed by atoms with Gasteiger partial charge in [0.1, 0.15) is 0 Å². The van der Waals surface area contributed by atoms with Gasteiger partial charge in [-0.3, -0.25) is 4.79 Å². The van der Waals surface area contributed by atoms with E-state index >= 15 is 0 Å². The molecule has 15 heavy (non-hydrogen) atoms. The van der Waals surface area contributed by atoms with E-state index in [4.69, 9.17) is 0 Å². The summed E-state index contributed by atoms with van der Waals surface area (Å²) in [7, 11) is 1.90. The van der Waals surface area contributed by atoms with Crippen molar-refractivity contribution in [2.24, 2.45) is 0 Å². The predicted octanol–water partition coefficient (Wildman–Crippen LogP) is 1.55. The van der Waals surface area contributed by atoms with Gasteiger partial charge in [0, 0.05) is 26.1 Å². The molecule has 0 spiro atoms. The van der Waals surface area contributed by atoms with Crippen molar-refractivity contribution >= 4 is 5.91 Å². The van der Waals surface area contributed by atoms with Crippen molar-refractivity contribution in [1.82, 2.24) is 10.2 Å². The van der Waals surface area contributed by atoms with Gasteiger partial charge in [-0.05, 0) is 25.5 Å². The molecule has 0 radical (unpaired) electrons. The van der Waals surface area contributed by atoms with Crippen LogP contribution in [0.4, 0.5) is 0 Å². The normalized spacial score (nSPS) is 18.5. The summed E-state index contributed by atoms with van der Waals surface area (Å²) < 4.78 is 0. The molecular formula is C12H22N2O. The Labute approximate surface area is 92.5 Å². The summed E-state index contributed by atoms with van der Waals surface area (Å²) in [5, 5.41) is 3.06. The number of nitrogens with one attached hydrogen (secondary N) is 1. The summed E-state index contributed by atoms with van der Waals surface area (Å²) in [5.74, 6) is 0.298. The zero-order valence-electron chi connectivity index (χ0n) is 9.72. The summed E-state index contributed by atoms with van der Waals surface area (Å²) in [6, 6.07) is 0. The third-order valence-electron chi connectivity index (χ3n) is 2.76. The summed E-state index contributed by atoms with van der Waals surface area (Å²) in [5.41, 5.74) is 1.09. The van der Waals surface area contributed by atoms with Crippen molar-refractivity contribution in [3.8, 4) is 0 Å². The Balaban J connectivity index is 2.41. The van der Waals surface area contributed by atoms with Gasteiger partial charge >= 0.3 is 0 Å². The molecule has 1 heterocycles. The standard InChI is InChI=1S/C12H22N2O/c1-11(9-13-2)10-14-8-6-4-3-5-7-12(14)15/h13H,1,3-10H2,2H3. The van der Waals surface area contributed by atoms with Gasteiger partial charge in [0.05, 0.1) is 0 Å². The Morgan fingerprint density at radius 3 is 2.87 bits per heavy atom. The second-order valence-corrected chi connectivity index (χ2v) is 4.26. The van der Waals surface area contributed by atoms with Crippen LogP contribution in [0.3, 0.4) is 0 Å². The number of hydrogen-bond donors (Lipinski definition) is 1. The van der Waals surface area contributed by atoms with Crippen molar-refractivity contribution in [3.05, 3.63) is 12.2 Å². The van der Waals surface area contributed by atoms with Crippen LogP contribution in [0.1, 0.15) is 32.1 Å². The van der Waals surface area contributed by atoms with E-state index in [1.54, 1.807) is 0 Å². The average molecular weight is 210 g/mol. The SMILES string of the molecule is C=C(CNC)CN1CCCCCCC1=O. The Kier molecular flexibility index (Phi) is 5.40. The first-order chi connectivity index (χ1) is 7.24. The smallest absolute Gasteiger partial charge is 0.222 e. The molecule has 1 aliphatic heterocycles. The minimum atomic E-state index is 0.298. The first-order valence-corrected chi connectivity index (χ1v) is 5.83. The summed E-state index contributed by atoms with van der Waals surface area (Å²) in [4.78, 5) is 13.7. The number of amides is 1. The Hall–Kier alpha value is -0.830. The number of likely N-dealkylation sites (tertiary alicyclic amines) is 1. The molecule has 0 aromatic heterocycles. The van der Waals surface area contributed by atoms with Gasteiger partial charge in [-0.2, -0.15) is 0 Å². The van der Waals surface area contributed by atoms with E-state index in [-0.39, 0.29) is 0 Å². The highest BCUT2D eigenvalue weighted by Gasteiger charge is 2.15. The van der Waals surface area contributed by atoms with Crippen LogP contribution >= 0.6 is 0 Å². The molecule has 0 aromatic rings. The molecule has 1 fully saturated rings. The van der Waals surface area contributed by atoms with Gasteiger partial charge in [-0.25, -0.2) is 0 Å². The quantitative estimate of drug-likeness (QED) is 0.714. The van der Waals surface area contributed by atoms with Crippen LogP contribution in [0.2, 0.25) is 0 Å². The van der Waals surface area contributed by atoms with Gasteiger partial charge in [0.15, 0.2) is 0 Å². The Bertz CT molecular complexity index is 226. The first kappa shape index (κ1) is 12.2. The van der Waals surface area contributed by atoms with Crippen LogP contribution in [-0.4, -0.2) is 37.5 Å². The number of hydrogen-bond acceptors (Lipinski definition) is 2. The zero-order chi connectivity index (χ0) is 11.1. The third kappa shape index (κ3) is 4.47. The van der Waals surface area contributed by atoms with E-state index in [0.717, 1.165) is 38.0 Å². The van der Waals surface area contributed by atoms with Crippen molar-refractivity contribution in [2.75, 3.05) is 26.7 Å². The summed E-state index contributed by atoms with van der Waals surface area (Å²) in [6.07, 6.45) is 5.36. The van der Waals surface area contributed by atoms with Crippen LogP contribution in [0.5, 0.6) is 0 Å². The van der Waals surface area contributed by atoms with Crippen LogP contribution in [0.15, 0.2) is 12.2 Å². The Morgan fingerprint density at radius 2 is 2.13 bits per heavy atom. The van der Waals surface area contributed by atoms with Gasteiger partial charge in [-0.1, -0.05) is 19.4 Å². The van der Waals surface area contributed by atoms with Crippen molar-refractivity contribution in [1.29, 1.82) is 0 Å². The van der Waals surface area contributed by atoms with Crippen molar-refractivity contribution in [3.63, 3.8) is 0 Å². The minimum absolute atomic E-state index is 0.298. The molecule has 0 aliphatic carbocycles. The highest BCUT2D eigenvalue weighted by Crippen LogP contribution is 2.12. The summed E-state index contributed by atoms with van der Waals surface area (Å²) >= 11 is 0. The van der Waals surface area contributed by atoms with E-state index < -0.39 is 0 Å². The lowest BCUT2D eigenvalue weighted by Gasteiger charge is -2.25. The van der Waals surface area contributed by atoms with Crippen LogP contribution < -0.4 is 5.32 Å². The lowest BCUT2D eigenvalue weighted by molar-refractivity contribution is -0.131. The Morgan fingerprint density at radius 1 is 1.40 bits per heavy atom. The molecule has 1 aliphatic rings. The number of carbonyl (C=O) groups excluding carboxylic acids is 1. The fraction of sp³-hybridized carbons (Fsp3) is 0.750. The molecule has 0 aromatic carbocycles. The second-order valence-electron chi connectivity index (χ2n) is 4.26. The minimum Gasteiger partial charge on any atom is -0.339 e. The van der Waals surface area contributed by atoms with Gasteiger partial charge in [0.25, 0.3) is 0 Å². The predicted molar refractivity (Wildman–Crippen MR) is 62.7 cm³/mol. The highest BCUT2D eigenvalue weighted by molar-refractivity contribution is 5.76. The van der Waals surface area contributed by atoms with Crippen LogP contribution in [-0.2, 0) is 4.79 Å². The lowest BCUT2D eigenvalue weighted by Crippen LogP contribution is -2.35. The average Bonchev–Trinajstić information content (AvgIpc) is 2.18. The lowest BCUT2D eigenvalue weighted by atomic mass is 10.1. The molecule has 3 heteroatoms. The molecule has 0 saturated carbocycles. The number of nitrogens with zero attached hydrogens (tertiary/aromatic N) is 1. The monoisotopic (exact) mass is 210 g/mol. The molecule has 1 amide bonds. The van der Waals surface area contributed by atoms with Crippen LogP contribution in [0.25, 0.3) is 0 Å². The first-order valence-electron chi connectivity index (χ1n) is 5.83. The number of rotatable bonds is 4. The van der Waals surface area contributed by atoms with E-state index in [0.29, 0.717) is 12.3 Å². The van der Waals surface area contributed by atoms with E-state index in [2.05, 4.69) is 11.9 Å². The fourth-order valence-corrected chi connectivity index (χ4v) is 1.96. The molecule has 1 N–H and O–H groups in total. The van der Waals surface area contributed by atoms with Crippen LogP contribution in [0, 0.1) is 0 Å². The molecule has 3 nitrogen and oxygen atoms in total. The maximum atomic E-state index is 11.8. The van der Waals surface area contributed by atoms with E-state index in [9.17, 15) is 4.79 Å². The van der Waals surface area contributed by atoms with Gasteiger partial charge < -0.3 is 10.2 Å². The molecule has 0 unspecified atom stereocenters. The fourth-order valence-electron chi connectivity index (χ4n) is 1.96. The maximum absolute atomic E-state index is 11.8.